The molecular weight excluding hydrogens is 552 g/mol. The van der Waals surface area contributed by atoms with Crippen molar-refractivity contribution >= 4 is 5.97 Å². The maximum Gasteiger partial charge on any atom is 0.338 e. The Morgan fingerprint density at radius 2 is 1.13 bits per heavy atom. The molecule has 0 radical (unpaired) electrons. The summed E-state index contributed by atoms with van der Waals surface area (Å²) in [7, 11) is 0. The van der Waals surface area contributed by atoms with Crippen LogP contribution in [0.4, 0.5) is 0 Å². The van der Waals surface area contributed by atoms with E-state index in [0.29, 0.717) is 18.3 Å². The summed E-state index contributed by atoms with van der Waals surface area (Å²) in [6, 6.07) is 26.0. The van der Waals surface area contributed by atoms with Gasteiger partial charge in [-0.05, 0) is 142 Å². The Hall–Kier alpha value is -3.17. The van der Waals surface area contributed by atoms with E-state index in [9.17, 15) is 4.79 Å². The number of ether oxygens (including phenoxy) is 2. The van der Waals surface area contributed by atoms with Crippen molar-refractivity contribution in [2.75, 3.05) is 13.2 Å². The van der Waals surface area contributed by atoms with Crippen molar-refractivity contribution in [2.45, 2.75) is 116 Å². The van der Waals surface area contributed by atoms with E-state index in [1.54, 1.807) is 0 Å². The molecule has 0 aromatic heterocycles. The van der Waals surface area contributed by atoms with Crippen LogP contribution in [-0.2, 0) is 28.7 Å². The van der Waals surface area contributed by atoms with E-state index in [1.807, 2.05) is 18.2 Å². The van der Waals surface area contributed by atoms with Gasteiger partial charge in [0.05, 0.1) is 18.3 Å². The van der Waals surface area contributed by atoms with Crippen molar-refractivity contribution in [3.8, 4) is 11.1 Å². The van der Waals surface area contributed by atoms with Crippen molar-refractivity contribution in [3.63, 3.8) is 0 Å². The highest BCUT2D eigenvalue weighted by Crippen LogP contribution is 2.26. The molecule has 0 amide bonds. The van der Waals surface area contributed by atoms with Gasteiger partial charge in [-0.15, -0.1) is 6.58 Å². The summed E-state index contributed by atoms with van der Waals surface area (Å²) in [6.07, 6.45) is 20.8. The Balaban J connectivity index is 1.04. The summed E-state index contributed by atoms with van der Waals surface area (Å²) < 4.78 is 11.6. The normalized spacial score (nSPS) is 16.4. The first-order valence-electron chi connectivity index (χ1n) is 17.8. The molecule has 3 nitrogen and oxygen atoms in total. The summed E-state index contributed by atoms with van der Waals surface area (Å²) in [5, 5.41) is 0. The molecule has 3 aromatic rings. The standard InChI is InChI=1S/C42H56O3/c1-3-4-5-8-13-35-18-24-38(25-19-35)39-26-20-36(21-27-39)14-9-10-15-37-22-28-40(29-23-37)42(43)45-33-12-7-6-11-32-44-41-30-16-34(2)17-31-41/h3,18-29,34,41H,1,4-17,30-33H2,2H3. The molecule has 0 aliphatic heterocycles. The van der Waals surface area contributed by atoms with E-state index in [2.05, 4.69) is 74.2 Å². The minimum atomic E-state index is -0.213. The number of benzene rings is 3. The predicted octanol–water partition coefficient (Wildman–Crippen LogP) is 11.1. The zero-order chi connectivity index (χ0) is 31.5. The van der Waals surface area contributed by atoms with Crippen LogP contribution < -0.4 is 0 Å². The van der Waals surface area contributed by atoms with Gasteiger partial charge < -0.3 is 9.47 Å². The second-order valence-corrected chi connectivity index (χ2v) is 13.1. The third-order valence-electron chi connectivity index (χ3n) is 9.32. The van der Waals surface area contributed by atoms with Gasteiger partial charge in [0.1, 0.15) is 0 Å². The summed E-state index contributed by atoms with van der Waals surface area (Å²) in [5.41, 5.74) is 7.28. The van der Waals surface area contributed by atoms with Crippen LogP contribution in [0.15, 0.2) is 85.5 Å². The number of allylic oxidation sites excluding steroid dienone is 1. The van der Waals surface area contributed by atoms with Crippen LogP contribution in [0.5, 0.6) is 0 Å². The monoisotopic (exact) mass is 608 g/mol. The van der Waals surface area contributed by atoms with Crippen LogP contribution in [0.25, 0.3) is 11.1 Å². The zero-order valence-corrected chi connectivity index (χ0v) is 27.8. The molecule has 0 heterocycles. The molecule has 4 rings (SSSR count). The second-order valence-electron chi connectivity index (χ2n) is 13.1. The molecule has 1 fully saturated rings. The van der Waals surface area contributed by atoms with Crippen molar-refractivity contribution in [1.82, 2.24) is 0 Å². The molecule has 0 bridgehead atoms. The van der Waals surface area contributed by atoms with Crippen LogP contribution in [0, 0.1) is 5.92 Å². The summed E-state index contributed by atoms with van der Waals surface area (Å²) in [4.78, 5) is 12.4. The number of carbonyl (C=O) groups is 1. The molecule has 3 aromatic carbocycles. The average molecular weight is 609 g/mol. The van der Waals surface area contributed by atoms with Gasteiger partial charge in [-0.25, -0.2) is 4.79 Å². The lowest BCUT2D eigenvalue weighted by Crippen LogP contribution is -2.20. The van der Waals surface area contributed by atoms with Crippen LogP contribution in [-0.4, -0.2) is 25.3 Å². The van der Waals surface area contributed by atoms with Gasteiger partial charge in [0.2, 0.25) is 0 Å². The Bertz CT molecular complexity index is 1230. The van der Waals surface area contributed by atoms with Crippen molar-refractivity contribution < 1.29 is 14.3 Å². The highest BCUT2D eigenvalue weighted by atomic mass is 16.5. The van der Waals surface area contributed by atoms with Crippen LogP contribution >= 0.6 is 0 Å². The Labute approximate surface area is 273 Å². The number of esters is 1. The van der Waals surface area contributed by atoms with Gasteiger partial charge in [-0.2, -0.15) is 0 Å². The molecular formula is C42H56O3. The fourth-order valence-corrected chi connectivity index (χ4v) is 6.26. The van der Waals surface area contributed by atoms with Crippen LogP contribution in [0.2, 0.25) is 0 Å². The fraction of sp³-hybridized carbons (Fsp3) is 0.500. The summed E-state index contributed by atoms with van der Waals surface area (Å²) in [6.45, 7) is 7.51. The SMILES string of the molecule is C=CCCCCc1ccc(-c2ccc(CCCCc3ccc(C(=O)OCCCCCCOC4CCC(C)CC4)cc3)cc2)cc1. The minimum absolute atomic E-state index is 0.213. The van der Waals surface area contributed by atoms with E-state index in [0.717, 1.165) is 76.7 Å². The highest BCUT2D eigenvalue weighted by Gasteiger charge is 2.18. The number of aryl methyl sites for hydroxylation is 3. The molecule has 1 aliphatic rings. The number of hydrogen-bond donors (Lipinski definition) is 0. The number of rotatable bonds is 20. The summed E-state index contributed by atoms with van der Waals surface area (Å²) >= 11 is 0. The van der Waals surface area contributed by atoms with Gasteiger partial charge in [0, 0.05) is 6.61 Å². The lowest BCUT2D eigenvalue weighted by Gasteiger charge is -2.26. The molecule has 0 atom stereocenters. The van der Waals surface area contributed by atoms with Gasteiger partial charge >= 0.3 is 5.97 Å². The van der Waals surface area contributed by atoms with E-state index >= 15 is 0 Å². The third-order valence-corrected chi connectivity index (χ3v) is 9.32. The van der Waals surface area contributed by atoms with Crippen molar-refractivity contribution in [3.05, 3.63) is 108 Å². The first kappa shape index (κ1) is 34.7. The van der Waals surface area contributed by atoms with Gasteiger partial charge in [-0.1, -0.05) is 80.1 Å². The Morgan fingerprint density at radius 1 is 0.644 bits per heavy atom. The van der Waals surface area contributed by atoms with E-state index in [-0.39, 0.29) is 5.97 Å². The first-order chi connectivity index (χ1) is 22.1. The lowest BCUT2D eigenvalue weighted by atomic mass is 9.89. The quantitative estimate of drug-likeness (QED) is 0.0727. The number of hydrogen-bond acceptors (Lipinski definition) is 3. The lowest BCUT2D eigenvalue weighted by molar-refractivity contribution is 0.0176. The zero-order valence-electron chi connectivity index (χ0n) is 27.8. The molecule has 1 saturated carbocycles. The molecule has 1 aliphatic carbocycles. The molecule has 0 saturated heterocycles. The number of carbonyl (C=O) groups excluding carboxylic acids is 1. The van der Waals surface area contributed by atoms with E-state index in [1.165, 1.54) is 66.3 Å². The van der Waals surface area contributed by atoms with Gasteiger partial charge in [0.25, 0.3) is 0 Å². The summed E-state index contributed by atoms with van der Waals surface area (Å²) in [5.74, 6) is 0.656. The van der Waals surface area contributed by atoms with E-state index in [4.69, 9.17) is 9.47 Å². The highest BCUT2D eigenvalue weighted by molar-refractivity contribution is 5.89. The van der Waals surface area contributed by atoms with Gasteiger partial charge in [-0.3, -0.25) is 0 Å². The minimum Gasteiger partial charge on any atom is -0.462 e. The Kier molecular flexibility index (Phi) is 15.5. The molecule has 242 valence electrons. The van der Waals surface area contributed by atoms with Crippen LogP contribution in [0.3, 0.4) is 0 Å². The topological polar surface area (TPSA) is 35.5 Å². The van der Waals surface area contributed by atoms with Crippen molar-refractivity contribution in [2.24, 2.45) is 5.92 Å². The molecule has 0 unspecified atom stereocenters. The maximum atomic E-state index is 12.4. The Morgan fingerprint density at radius 3 is 1.67 bits per heavy atom. The second kappa shape index (κ2) is 20.1. The molecule has 0 spiro atoms. The molecule has 3 heteroatoms. The third kappa shape index (κ3) is 13.0. The fourth-order valence-electron chi connectivity index (χ4n) is 6.26. The van der Waals surface area contributed by atoms with Crippen LogP contribution in [0.1, 0.15) is 117 Å². The molecule has 0 N–H and O–H groups in total. The maximum absolute atomic E-state index is 12.4. The van der Waals surface area contributed by atoms with E-state index < -0.39 is 0 Å². The average Bonchev–Trinajstić information content (AvgIpc) is 3.08. The van der Waals surface area contributed by atoms with Gasteiger partial charge in [0.15, 0.2) is 0 Å². The first-order valence-corrected chi connectivity index (χ1v) is 17.8. The number of unbranched alkanes of at least 4 members (excludes halogenated alkanes) is 6. The largest absolute Gasteiger partial charge is 0.462 e. The molecule has 45 heavy (non-hydrogen) atoms. The van der Waals surface area contributed by atoms with Crippen molar-refractivity contribution in [1.29, 1.82) is 0 Å². The predicted molar refractivity (Wildman–Crippen MR) is 189 cm³/mol. The smallest absolute Gasteiger partial charge is 0.338 e.